The van der Waals surface area contributed by atoms with E-state index >= 15 is 0 Å². The molecule has 1 aromatic heterocycles. The first-order valence-corrected chi connectivity index (χ1v) is 12.5. The maximum atomic E-state index is 11.9. The van der Waals surface area contributed by atoms with E-state index in [-0.39, 0.29) is 5.82 Å². The van der Waals surface area contributed by atoms with Crippen LogP contribution in [-0.4, -0.2) is 57.7 Å². The molecule has 1 aliphatic heterocycles. The second kappa shape index (κ2) is 7.35. The first-order valence-electron chi connectivity index (χ1n) is 7.63. The molecule has 7 nitrogen and oxygen atoms in total. The van der Waals surface area contributed by atoms with Gasteiger partial charge >= 0.3 is 5.69 Å². The van der Waals surface area contributed by atoms with E-state index in [4.69, 9.17) is 10.5 Å². The van der Waals surface area contributed by atoms with Crippen LogP contribution in [-0.2, 0) is 4.74 Å². The Balaban J connectivity index is 1.97. The molecule has 0 radical (unpaired) electrons. The van der Waals surface area contributed by atoms with Gasteiger partial charge in [-0.3, -0.25) is 4.57 Å². The first kappa shape index (κ1) is 18.5. The maximum Gasteiger partial charge on any atom is 0.351 e. The summed E-state index contributed by atoms with van der Waals surface area (Å²) in [6, 6.07) is 2.65. The third kappa shape index (κ3) is 4.80. The number of rotatable bonds is 6. The molecular formula is C14H25N3O4SSi. The maximum absolute atomic E-state index is 11.9. The van der Waals surface area contributed by atoms with E-state index in [0.717, 1.165) is 10.3 Å². The Bertz CT molecular complexity index is 592. The summed E-state index contributed by atoms with van der Waals surface area (Å²) in [6.45, 7) is 6.94. The van der Waals surface area contributed by atoms with Crippen molar-refractivity contribution in [3.05, 3.63) is 22.7 Å². The van der Waals surface area contributed by atoms with Crippen LogP contribution in [0.4, 0.5) is 5.82 Å². The number of nitrogens with two attached hydrogens (primary N) is 1. The van der Waals surface area contributed by atoms with Gasteiger partial charge in [0.1, 0.15) is 18.0 Å². The summed E-state index contributed by atoms with van der Waals surface area (Å²) in [5.41, 5.74) is 4.85. The summed E-state index contributed by atoms with van der Waals surface area (Å²) in [7, 11) is -1.08. The van der Waals surface area contributed by atoms with Crippen LogP contribution < -0.4 is 11.4 Å². The number of aromatic nitrogens is 2. The second-order valence-electron chi connectivity index (χ2n) is 6.97. The van der Waals surface area contributed by atoms with Crippen LogP contribution in [0.15, 0.2) is 17.1 Å². The average molecular weight is 360 g/mol. The van der Waals surface area contributed by atoms with Gasteiger partial charge in [0, 0.05) is 20.0 Å². The van der Waals surface area contributed by atoms with Crippen molar-refractivity contribution < 1.29 is 14.9 Å². The lowest BCUT2D eigenvalue weighted by molar-refractivity contribution is -0.0339. The minimum Gasteiger partial charge on any atom is -0.387 e. The minimum atomic E-state index is -1.17. The van der Waals surface area contributed by atoms with Crippen molar-refractivity contribution in [1.29, 1.82) is 0 Å². The lowest BCUT2D eigenvalue weighted by atomic mass is 10.1. The number of anilines is 1. The lowest BCUT2D eigenvalue weighted by Gasteiger charge is -2.17. The van der Waals surface area contributed by atoms with Crippen molar-refractivity contribution in [3.63, 3.8) is 0 Å². The number of nitrogen functional groups attached to an aromatic ring is 1. The van der Waals surface area contributed by atoms with Crippen LogP contribution in [0.1, 0.15) is 6.23 Å². The standard InChI is InChI=1S/C14H25N3O4SSi/c1-23(2,3)7-6-22-8-9-11(18)12(19)13(21-9)17-5-4-10(15)16-14(17)20/h4-5,9,11-13,18-19H,6-8H2,1-3H3,(H2,15,16,20)/t9-,11-,12-,13-/m1/s1. The molecule has 0 amide bonds. The molecule has 4 atom stereocenters. The van der Waals surface area contributed by atoms with E-state index in [1.807, 2.05) is 0 Å². The van der Waals surface area contributed by atoms with Crippen LogP contribution in [0.3, 0.4) is 0 Å². The fraction of sp³-hybridized carbons (Fsp3) is 0.714. The molecule has 0 aliphatic carbocycles. The normalized spacial score (nSPS) is 28.2. The predicted molar refractivity (Wildman–Crippen MR) is 94.3 cm³/mol. The largest absolute Gasteiger partial charge is 0.387 e. The Morgan fingerprint density at radius 1 is 1.39 bits per heavy atom. The Hall–Kier alpha value is -0.873. The molecular weight excluding hydrogens is 334 g/mol. The summed E-state index contributed by atoms with van der Waals surface area (Å²) in [6.07, 6.45) is -2.21. The predicted octanol–water partition coefficient (Wildman–Crippen LogP) is 0.516. The quantitative estimate of drug-likeness (QED) is 0.501. The molecule has 2 heterocycles. The van der Waals surface area contributed by atoms with E-state index in [1.165, 1.54) is 18.3 Å². The van der Waals surface area contributed by atoms with Gasteiger partial charge in [-0.05, 0) is 17.9 Å². The monoisotopic (exact) mass is 359 g/mol. The molecule has 0 bridgehead atoms. The van der Waals surface area contributed by atoms with Crippen molar-refractivity contribution in [2.45, 2.75) is 50.2 Å². The number of aliphatic hydroxyl groups excluding tert-OH is 2. The molecule has 0 spiro atoms. The second-order valence-corrected chi connectivity index (χ2v) is 13.7. The topological polar surface area (TPSA) is 111 Å². The van der Waals surface area contributed by atoms with Crippen LogP contribution in [0.25, 0.3) is 0 Å². The molecule has 0 aromatic carbocycles. The molecule has 4 N–H and O–H groups in total. The van der Waals surface area contributed by atoms with E-state index < -0.39 is 38.3 Å². The Morgan fingerprint density at radius 2 is 2.09 bits per heavy atom. The summed E-state index contributed by atoms with van der Waals surface area (Å²) < 4.78 is 6.86. The third-order valence-electron chi connectivity index (χ3n) is 3.74. The smallest absolute Gasteiger partial charge is 0.351 e. The molecule has 2 rings (SSSR count). The number of nitrogens with zero attached hydrogens (tertiary/aromatic N) is 2. The van der Waals surface area contributed by atoms with Gasteiger partial charge in [-0.1, -0.05) is 19.6 Å². The number of aliphatic hydroxyl groups is 2. The fourth-order valence-corrected chi connectivity index (χ4v) is 6.00. The number of hydrogen-bond acceptors (Lipinski definition) is 7. The van der Waals surface area contributed by atoms with E-state index in [9.17, 15) is 15.0 Å². The molecule has 9 heteroatoms. The molecule has 130 valence electrons. The summed E-state index contributed by atoms with van der Waals surface area (Å²) >= 11 is 1.70. The Labute approximate surface area is 140 Å². The van der Waals surface area contributed by atoms with Crippen LogP contribution in [0.2, 0.25) is 25.7 Å². The molecule has 0 unspecified atom stereocenters. The number of thioether (sulfide) groups is 1. The Kier molecular flexibility index (Phi) is 5.90. The van der Waals surface area contributed by atoms with Crippen molar-refractivity contribution in [3.8, 4) is 0 Å². The Morgan fingerprint density at radius 3 is 2.70 bits per heavy atom. The SMILES string of the molecule is C[Si](C)(C)CCSC[C@H]1O[C@@H](n2ccc(N)nc2=O)[C@H](O)[C@@H]1O. The zero-order valence-corrected chi connectivity index (χ0v) is 15.5. The van der Waals surface area contributed by atoms with Gasteiger partial charge in [0.2, 0.25) is 0 Å². The van der Waals surface area contributed by atoms with E-state index in [0.29, 0.717) is 5.75 Å². The van der Waals surface area contributed by atoms with Gasteiger partial charge < -0.3 is 20.7 Å². The van der Waals surface area contributed by atoms with Crippen molar-refractivity contribution in [2.24, 2.45) is 0 Å². The zero-order chi connectivity index (χ0) is 17.2. The minimum absolute atomic E-state index is 0.109. The highest BCUT2D eigenvalue weighted by atomic mass is 32.2. The van der Waals surface area contributed by atoms with E-state index in [1.54, 1.807) is 11.8 Å². The van der Waals surface area contributed by atoms with Crippen molar-refractivity contribution >= 4 is 25.7 Å². The van der Waals surface area contributed by atoms with Gasteiger partial charge in [-0.25, -0.2) is 4.79 Å². The molecule has 0 saturated carbocycles. The van der Waals surface area contributed by atoms with Crippen molar-refractivity contribution in [1.82, 2.24) is 9.55 Å². The summed E-state index contributed by atoms with van der Waals surface area (Å²) in [5, 5.41) is 20.3. The number of ether oxygens (including phenoxy) is 1. The zero-order valence-electron chi connectivity index (χ0n) is 13.7. The molecule has 1 saturated heterocycles. The van der Waals surface area contributed by atoms with Gasteiger partial charge in [-0.15, -0.1) is 0 Å². The summed E-state index contributed by atoms with van der Waals surface area (Å²) in [4.78, 5) is 15.5. The fourth-order valence-electron chi connectivity index (χ4n) is 2.29. The van der Waals surface area contributed by atoms with Crippen LogP contribution in [0, 0.1) is 0 Å². The van der Waals surface area contributed by atoms with Gasteiger partial charge in [0.05, 0.1) is 6.10 Å². The third-order valence-corrected chi connectivity index (χ3v) is 6.91. The average Bonchev–Trinajstić information content (AvgIpc) is 2.71. The molecule has 1 aliphatic rings. The number of hydrogen-bond donors (Lipinski definition) is 3. The lowest BCUT2D eigenvalue weighted by Crippen LogP contribution is -2.35. The van der Waals surface area contributed by atoms with Crippen molar-refractivity contribution in [2.75, 3.05) is 17.2 Å². The first-order chi connectivity index (χ1) is 10.7. The van der Waals surface area contributed by atoms with Gasteiger partial charge in [0.15, 0.2) is 6.23 Å². The molecule has 23 heavy (non-hydrogen) atoms. The highest BCUT2D eigenvalue weighted by molar-refractivity contribution is 7.99. The van der Waals surface area contributed by atoms with Gasteiger partial charge in [0.25, 0.3) is 0 Å². The highest BCUT2D eigenvalue weighted by Crippen LogP contribution is 2.30. The van der Waals surface area contributed by atoms with E-state index in [2.05, 4.69) is 24.6 Å². The summed E-state index contributed by atoms with van der Waals surface area (Å²) in [5.74, 6) is 1.70. The van der Waals surface area contributed by atoms with Crippen LogP contribution >= 0.6 is 11.8 Å². The van der Waals surface area contributed by atoms with Gasteiger partial charge in [-0.2, -0.15) is 16.7 Å². The highest BCUT2D eigenvalue weighted by Gasteiger charge is 2.43. The van der Waals surface area contributed by atoms with Crippen LogP contribution in [0.5, 0.6) is 0 Å². The molecule has 1 aromatic rings. The molecule has 1 fully saturated rings.